The maximum Gasteiger partial charge on any atom is 0.242 e. The molecule has 2 aliphatic heterocycles. The van der Waals surface area contributed by atoms with E-state index in [0.29, 0.717) is 6.04 Å². The van der Waals surface area contributed by atoms with Gasteiger partial charge in [0.2, 0.25) is 11.8 Å². The lowest BCUT2D eigenvalue weighted by Crippen LogP contribution is -2.66. The molecule has 1 atom stereocenters. The molecule has 3 aliphatic rings. The van der Waals surface area contributed by atoms with E-state index in [1.165, 1.54) is 12.0 Å². The SMILES string of the molecule is CC(C)N1CCN(C(=O)CN2C(=O)C3(CCCCC3)C2c2ccccc2)CC1. The summed E-state index contributed by atoms with van der Waals surface area (Å²) in [5.74, 6) is 0.304. The summed E-state index contributed by atoms with van der Waals surface area (Å²) in [6.07, 6.45) is 5.38. The molecule has 4 rings (SSSR count). The van der Waals surface area contributed by atoms with Crippen molar-refractivity contribution in [3.8, 4) is 0 Å². The van der Waals surface area contributed by atoms with Crippen LogP contribution in [0.4, 0.5) is 0 Å². The first kappa shape index (κ1) is 19.4. The lowest BCUT2D eigenvalue weighted by molar-refractivity contribution is -0.181. The average molecular weight is 384 g/mol. The predicted octanol–water partition coefficient (Wildman–Crippen LogP) is 3.07. The molecule has 2 amide bonds. The van der Waals surface area contributed by atoms with Crippen LogP contribution in [0.25, 0.3) is 0 Å². The number of likely N-dealkylation sites (tertiary alicyclic amines) is 1. The number of carbonyl (C=O) groups excluding carboxylic acids is 2. The minimum Gasteiger partial charge on any atom is -0.339 e. The quantitative estimate of drug-likeness (QED) is 0.751. The van der Waals surface area contributed by atoms with Gasteiger partial charge in [-0.2, -0.15) is 0 Å². The molecule has 5 nitrogen and oxygen atoms in total. The van der Waals surface area contributed by atoms with Crippen molar-refractivity contribution in [3.63, 3.8) is 0 Å². The number of amides is 2. The normalized spacial score (nSPS) is 25.2. The van der Waals surface area contributed by atoms with Gasteiger partial charge < -0.3 is 9.80 Å². The highest BCUT2D eigenvalue weighted by Crippen LogP contribution is 2.57. The van der Waals surface area contributed by atoms with Crippen molar-refractivity contribution < 1.29 is 9.59 Å². The maximum atomic E-state index is 13.2. The zero-order valence-electron chi connectivity index (χ0n) is 17.3. The van der Waals surface area contributed by atoms with Crippen LogP contribution >= 0.6 is 0 Å². The fraction of sp³-hybridized carbons (Fsp3) is 0.652. The second kappa shape index (κ2) is 7.86. The summed E-state index contributed by atoms with van der Waals surface area (Å²) in [4.78, 5) is 32.4. The number of β-lactam (4-membered cyclic amide) rings is 1. The van der Waals surface area contributed by atoms with Crippen molar-refractivity contribution in [3.05, 3.63) is 35.9 Å². The Kier molecular flexibility index (Phi) is 5.46. The molecular weight excluding hydrogens is 350 g/mol. The molecule has 0 aromatic heterocycles. The standard InChI is InChI=1S/C23H33N3O2/c1-18(2)24-13-15-25(16-14-24)20(27)17-26-21(19-9-5-3-6-10-19)23(22(26)28)11-7-4-8-12-23/h3,5-6,9-10,18,21H,4,7-8,11-17H2,1-2H3. The second-order valence-electron chi connectivity index (χ2n) is 8.97. The van der Waals surface area contributed by atoms with Crippen molar-refractivity contribution in [2.45, 2.75) is 58.0 Å². The van der Waals surface area contributed by atoms with Gasteiger partial charge in [0.25, 0.3) is 0 Å². The summed E-state index contributed by atoms with van der Waals surface area (Å²) in [6.45, 7) is 7.99. The Bertz CT molecular complexity index is 704. The molecule has 152 valence electrons. The van der Waals surface area contributed by atoms with Gasteiger partial charge in [-0.1, -0.05) is 49.6 Å². The molecule has 0 N–H and O–H groups in total. The van der Waals surface area contributed by atoms with Crippen LogP contribution < -0.4 is 0 Å². The van der Waals surface area contributed by atoms with E-state index in [2.05, 4.69) is 30.9 Å². The van der Waals surface area contributed by atoms with Crippen molar-refractivity contribution >= 4 is 11.8 Å². The molecule has 1 aliphatic carbocycles. The monoisotopic (exact) mass is 383 g/mol. The number of hydrogen-bond donors (Lipinski definition) is 0. The summed E-state index contributed by atoms with van der Waals surface area (Å²) < 4.78 is 0. The van der Waals surface area contributed by atoms with Gasteiger partial charge in [0.1, 0.15) is 6.54 Å². The fourth-order valence-corrected chi connectivity index (χ4v) is 5.45. The van der Waals surface area contributed by atoms with Gasteiger partial charge in [-0.15, -0.1) is 0 Å². The van der Waals surface area contributed by atoms with Gasteiger partial charge in [0.05, 0.1) is 11.5 Å². The number of carbonyl (C=O) groups is 2. The number of hydrogen-bond acceptors (Lipinski definition) is 3. The highest BCUT2D eigenvalue weighted by atomic mass is 16.2. The van der Waals surface area contributed by atoms with E-state index in [9.17, 15) is 9.59 Å². The first-order valence-corrected chi connectivity index (χ1v) is 10.9. The molecular formula is C23H33N3O2. The molecule has 2 saturated heterocycles. The van der Waals surface area contributed by atoms with E-state index in [4.69, 9.17) is 0 Å². The lowest BCUT2D eigenvalue weighted by Gasteiger charge is -2.58. The minimum atomic E-state index is -0.268. The number of piperazine rings is 1. The van der Waals surface area contributed by atoms with Crippen LogP contribution in [-0.4, -0.2) is 65.3 Å². The molecule has 1 aromatic rings. The highest BCUT2D eigenvalue weighted by molar-refractivity contribution is 5.94. The fourth-order valence-electron chi connectivity index (χ4n) is 5.45. The lowest BCUT2D eigenvalue weighted by atomic mass is 9.60. The van der Waals surface area contributed by atoms with E-state index >= 15 is 0 Å². The molecule has 1 unspecified atom stereocenters. The summed E-state index contributed by atoms with van der Waals surface area (Å²) in [7, 11) is 0. The third-order valence-corrected chi connectivity index (χ3v) is 7.09. The van der Waals surface area contributed by atoms with Gasteiger partial charge in [-0.3, -0.25) is 14.5 Å². The summed E-state index contributed by atoms with van der Waals surface area (Å²) in [5.41, 5.74) is 0.914. The molecule has 3 fully saturated rings. The van der Waals surface area contributed by atoms with Gasteiger partial charge in [-0.05, 0) is 32.3 Å². The van der Waals surface area contributed by atoms with Crippen LogP contribution in [0.1, 0.15) is 57.6 Å². The topological polar surface area (TPSA) is 43.9 Å². The largest absolute Gasteiger partial charge is 0.339 e. The van der Waals surface area contributed by atoms with Gasteiger partial charge in [0, 0.05) is 32.2 Å². The van der Waals surface area contributed by atoms with Crippen molar-refractivity contribution in [2.75, 3.05) is 32.7 Å². The Morgan fingerprint density at radius 1 is 1.04 bits per heavy atom. The number of nitrogens with zero attached hydrogens (tertiary/aromatic N) is 3. The third kappa shape index (κ3) is 3.34. The molecule has 2 heterocycles. The molecule has 1 aromatic carbocycles. The number of benzene rings is 1. The summed E-state index contributed by atoms with van der Waals surface area (Å²) in [5, 5.41) is 0. The smallest absolute Gasteiger partial charge is 0.242 e. The second-order valence-corrected chi connectivity index (χ2v) is 8.97. The van der Waals surface area contributed by atoms with Crippen LogP contribution in [0.3, 0.4) is 0 Å². The first-order chi connectivity index (χ1) is 13.5. The maximum absolute atomic E-state index is 13.2. The van der Waals surface area contributed by atoms with Crippen molar-refractivity contribution in [1.29, 1.82) is 0 Å². The Morgan fingerprint density at radius 2 is 1.68 bits per heavy atom. The van der Waals surface area contributed by atoms with Crippen LogP contribution in [0.5, 0.6) is 0 Å². The molecule has 28 heavy (non-hydrogen) atoms. The molecule has 1 saturated carbocycles. The summed E-state index contributed by atoms with van der Waals surface area (Å²) >= 11 is 0. The predicted molar refractivity (Wildman–Crippen MR) is 110 cm³/mol. The van der Waals surface area contributed by atoms with Gasteiger partial charge in [-0.25, -0.2) is 0 Å². The van der Waals surface area contributed by atoms with Crippen LogP contribution in [0.15, 0.2) is 30.3 Å². The average Bonchev–Trinajstić information content (AvgIpc) is 2.74. The Morgan fingerprint density at radius 3 is 2.29 bits per heavy atom. The van der Waals surface area contributed by atoms with Crippen LogP contribution in [-0.2, 0) is 9.59 Å². The third-order valence-electron chi connectivity index (χ3n) is 7.09. The molecule has 0 radical (unpaired) electrons. The van der Waals surface area contributed by atoms with Gasteiger partial charge in [0.15, 0.2) is 0 Å². The van der Waals surface area contributed by atoms with Crippen molar-refractivity contribution in [1.82, 2.24) is 14.7 Å². The molecule has 5 heteroatoms. The summed E-state index contributed by atoms with van der Waals surface area (Å²) in [6, 6.07) is 10.9. The van der Waals surface area contributed by atoms with Crippen LogP contribution in [0, 0.1) is 5.41 Å². The zero-order chi connectivity index (χ0) is 19.7. The van der Waals surface area contributed by atoms with Crippen LogP contribution in [0.2, 0.25) is 0 Å². The van der Waals surface area contributed by atoms with Gasteiger partial charge >= 0.3 is 0 Å². The Hall–Kier alpha value is -1.88. The van der Waals surface area contributed by atoms with E-state index < -0.39 is 0 Å². The van der Waals surface area contributed by atoms with Crippen molar-refractivity contribution in [2.24, 2.45) is 5.41 Å². The van der Waals surface area contributed by atoms with E-state index in [0.717, 1.165) is 51.9 Å². The Balaban J connectivity index is 1.47. The highest BCUT2D eigenvalue weighted by Gasteiger charge is 2.60. The van der Waals surface area contributed by atoms with E-state index in [1.807, 2.05) is 28.0 Å². The van der Waals surface area contributed by atoms with E-state index in [-0.39, 0.29) is 29.8 Å². The van der Waals surface area contributed by atoms with E-state index in [1.54, 1.807) is 0 Å². The minimum absolute atomic E-state index is 0.0578. The Labute approximate surface area is 168 Å². The first-order valence-electron chi connectivity index (χ1n) is 10.9. The zero-order valence-corrected chi connectivity index (χ0v) is 17.3. The molecule has 1 spiro atoms. The number of rotatable bonds is 4. The molecule has 0 bridgehead atoms.